The third-order valence-electron chi connectivity index (χ3n) is 2.65. The molecule has 2 rings (SSSR count). The fraction of sp³-hybridized carbons (Fsp3) is 0.308. The van der Waals surface area contributed by atoms with Gasteiger partial charge in [0.2, 0.25) is 0 Å². The van der Waals surface area contributed by atoms with Crippen LogP contribution in [0.3, 0.4) is 0 Å². The van der Waals surface area contributed by atoms with Gasteiger partial charge in [0.25, 0.3) is 0 Å². The van der Waals surface area contributed by atoms with Crippen molar-refractivity contribution in [2.75, 3.05) is 12.9 Å². The quantitative estimate of drug-likeness (QED) is 0.821. The van der Waals surface area contributed by atoms with Crippen LogP contribution in [0.4, 0.5) is 0 Å². The van der Waals surface area contributed by atoms with Gasteiger partial charge in [-0.15, -0.1) is 10.2 Å². The minimum Gasteiger partial charge on any atom is -0.497 e. The zero-order valence-corrected chi connectivity index (χ0v) is 12.1. The number of benzene rings is 1. The lowest BCUT2D eigenvalue weighted by Crippen LogP contribution is -2.04. The number of aliphatic carboxylic acids is 1. The first kappa shape index (κ1) is 14.4. The molecule has 0 aliphatic heterocycles. The van der Waals surface area contributed by atoms with E-state index in [1.165, 1.54) is 0 Å². The maximum absolute atomic E-state index is 10.7. The van der Waals surface area contributed by atoms with Gasteiger partial charge in [-0.2, -0.15) is 0 Å². The van der Waals surface area contributed by atoms with Crippen molar-refractivity contribution in [3.05, 3.63) is 30.1 Å². The third kappa shape index (κ3) is 3.11. The van der Waals surface area contributed by atoms with Gasteiger partial charge in [0.05, 0.1) is 18.6 Å². The molecule has 0 saturated carbocycles. The van der Waals surface area contributed by atoms with Crippen LogP contribution in [-0.4, -0.2) is 38.7 Å². The Morgan fingerprint density at radius 2 is 2.25 bits per heavy atom. The summed E-state index contributed by atoms with van der Waals surface area (Å²) in [6, 6.07) is 7.51. The first-order valence-corrected chi connectivity index (χ1v) is 7.07. The lowest BCUT2D eigenvalue weighted by molar-refractivity contribution is -0.133. The number of hydrogen-bond acceptors (Lipinski definition) is 5. The largest absolute Gasteiger partial charge is 0.497 e. The van der Waals surface area contributed by atoms with Crippen LogP contribution in [0.25, 0.3) is 5.69 Å². The van der Waals surface area contributed by atoms with Gasteiger partial charge in [-0.05, 0) is 12.1 Å². The van der Waals surface area contributed by atoms with Crippen molar-refractivity contribution in [3.63, 3.8) is 0 Å². The van der Waals surface area contributed by atoms with Crippen LogP contribution in [0, 0.1) is 0 Å². The molecule has 0 bridgehead atoms. The molecule has 0 unspecified atom stereocenters. The maximum atomic E-state index is 10.7. The summed E-state index contributed by atoms with van der Waals surface area (Å²) in [5.41, 5.74) is 0.860. The van der Waals surface area contributed by atoms with E-state index in [4.69, 9.17) is 9.84 Å². The summed E-state index contributed by atoms with van der Waals surface area (Å²) in [7, 11) is 1.60. The Bertz CT molecular complexity index is 613. The zero-order chi connectivity index (χ0) is 14.5. The van der Waals surface area contributed by atoms with Crippen molar-refractivity contribution in [2.45, 2.75) is 18.5 Å². The van der Waals surface area contributed by atoms with E-state index in [1.807, 2.05) is 35.8 Å². The van der Waals surface area contributed by atoms with Crippen molar-refractivity contribution in [1.82, 2.24) is 14.8 Å². The highest BCUT2D eigenvalue weighted by Gasteiger charge is 2.14. The number of ether oxygens (including phenoxy) is 1. The SMILES string of the molecule is CCc1nnc(SCC(=O)O)n1-c1cccc(OC)c1. The number of carboxylic acids is 1. The van der Waals surface area contributed by atoms with Gasteiger partial charge < -0.3 is 9.84 Å². The second kappa shape index (κ2) is 6.42. The van der Waals surface area contributed by atoms with Gasteiger partial charge in [0, 0.05) is 12.5 Å². The van der Waals surface area contributed by atoms with Crippen LogP contribution in [0.1, 0.15) is 12.7 Å². The summed E-state index contributed by atoms with van der Waals surface area (Å²) < 4.78 is 7.07. The second-order valence-electron chi connectivity index (χ2n) is 3.97. The summed E-state index contributed by atoms with van der Waals surface area (Å²) in [6.45, 7) is 1.98. The van der Waals surface area contributed by atoms with Gasteiger partial charge in [0.1, 0.15) is 11.6 Å². The average Bonchev–Trinajstić information content (AvgIpc) is 2.88. The van der Waals surface area contributed by atoms with Gasteiger partial charge in [-0.1, -0.05) is 24.8 Å². The molecule has 0 radical (unpaired) electrons. The van der Waals surface area contributed by atoms with E-state index >= 15 is 0 Å². The van der Waals surface area contributed by atoms with Crippen LogP contribution < -0.4 is 4.74 Å². The molecule has 7 heteroatoms. The maximum Gasteiger partial charge on any atom is 0.313 e. The van der Waals surface area contributed by atoms with Crippen LogP contribution in [0.5, 0.6) is 5.75 Å². The highest BCUT2D eigenvalue weighted by Crippen LogP contribution is 2.24. The highest BCUT2D eigenvalue weighted by molar-refractivity contribution is 7.99. The van der Waals surface area contributed by atoms with Crippen molar-refractivity contribution in [3.8, 4) is 11.4 Å². The summed E-state index contributed by atoms with van der Waals surface area (Å²) in [5.74, 6) is 0.582. The first-order valence-electron chi connectivity index (χ1n) is 6.09. The van der Waals surface area contributed by atoms with E-state index in [1.54, 1.807) is 7.11 Å². The molecule has 0 amide bonds. The fourth-order valence-corrected chi connectivity index (χ4v) is 2.45. The van der Waals surface area contributed by atoms with E-state index < -0.39 is 5.97 Å². The number of nitrogens with zero attached hydrogens (tertiary/aromatic N) is 3. The van der Waals surface area contributed by atoms with Crippen molar-refractivity contribution in [1.29, 1.82) is 0 Å². The fourth-order valence-electron chi connectivity index (χ4n) is 1.76. The molecule has 2 aromatic rings. The lowest BCUT2D eigenvalue weighted by atomic mass is 10.3. The molecule has 0 saturated heterocycles. The number of thioether (sulfide) groups is 1. The molecule has 106 valence electrons. The van der Waals surface area contributed by atoms with E-state index in [0.29, 0.717) is 11.6 Å². The minimum absolute atomic E-state index is 0.0498. The third-order valence-corrected chi connectivity index (χ3v) is 3.57. The van der Waals surface area contributed by atoms with Gasteiger partial charge >= 0.3 is 5.97 Å². The summed E-state index contributed by atoms with van der Waals surface area (Å²) >= 11 is 1.15. The van der Waals surface area contributed by atoms with Crippen LogP contribution in [0.2, 0.25) is 0 Å². The summed E-state index contributed by atoms with van der Waals surface area (Å²) in [4.78, 5) is 10.7. The van der Waals surface area contributed by atoms with Crippen LogP contribution >= 0.6 is 11.8 Å². The summed E-state index contributed by atoms with van der Waals surface area (Å²) in [5, 5.41) is 17.5. The summed E-state index contributed by atoms with van der Waals surface area (Å²) in [6.07, 6.45) is 0.706. The first-order chi connectivity index (χ1) is 9.65. The number of carbonyl (C=O) groups is 1. The topological polar surface area (TPSA) is 77.2 Å². The lowest BCUT2D eigenvalue weighted by Gasteiger charge is -2.10. The number of rotatable bonds is 6. The minimum atomic E-state index is -0.881. The second-order valence-corrected chi connectivity index (χ2v) is 4.91. The Labute approximate surface area is 120 Å². The normalized spacial score (nSPS) is 10.5. The molecule has 1 aromatic carbocycles. The number of aromatic nitrogens is 3. The Hall–Kier alpha value is -2.02. The van der Waals surface area contributed by atoms with Crippen molar-refractivity contribution in [2.24, 2.45) is 0 Å². The van der Waals surface area contributed by atoms with Gasteiger partial charge in [-0.3, -0.25) is 9.36 Å². The van der Waals surface area contributed by atoms with E-state index in [0.717, 1.165) is 29.0 Å². The van der Waals surface area contributed by atoms with Gasteiger partial charge in [-0.25, -0.2) is 0 Å². The van der Waals surface area contributed by atoms with Crippen LogP contribution in [-0.2, 0) is 11.2 Å². The predicted molar refractivity (Wildman–Crippen MR) is 75.6 cm³/mol. The Morgan fingerprint density at radius 3 is 2.90 bits per heavy atom. The number of methoxy groups -OCH3 is 1. The molecule has 1 aromatic heterocycles. The standard InChI is InChI=1S/C13H15N3O3S/c1-3-11-14-15-13(20-8-12(17)18)16(11)9-5-4-6-10(7-9)19-2/h4-7H,3,8H2,1-2H3,(H,17,18). The van der Waals surface area contributed by atoms with E-state index in [-0.39, 0.29) is 5.75 Å². The zero-order valence-electron chi connectivity index (χ0n) is 11.2. The van der Waals surface area contributed by atoms with Gasteiger partial charge in [0.15, 0.2) is 5.16 Å². The molecule has 0 atom stereocenters. The Balaban J connectivity index is 2.41. The Kier molecular flexibility index (Phi) is 4.62. The Morgan fingerprint density at radius 1 is 1.45 bits per heavy atom. The molecule has 1 N–H and O–H groups in total. The molecule has 0 aliphatic carbocycles. The van der Waals surface area contributed by atoms with E-state index in [9.17, 15) is 4.79 Å². The molecular formula is C13H15N3O3S. The molecule has 0 fully saturated rings. The molecule has 0 aliphatic rings. The van der Waals surface area contributed by atoms with Crippen molar-refractivity contribution >= 4 is 17.7 Å². The number of carboxylic acid groups (broad SMARTS) is 1. The molecule has 0 spiro atoms. The average molecular weight is 293 g/mol. The number of hydrogen-bond donors (Lipinski definition) is 1. The monoisotopic (exact) mass is 293 g/mol. The molecule has 1 heterocycles. The van der Waals surface area contributed by atoms with Crippen LogP contribution in [0.15, 0.2) is 29.4 Å². The molecular weight excluding hydrogens is 278 g/mol. The molecule has 20 heavy (non-hydrogen) atoms. The number of aryl methyl sites for hydroxylation is 1. The molecule has 6 nitrogen and oxygen atoms in total. The predicted octanol–water partition coefficient (Wildman–Crippen LogP) is 2.02. The smallest absolute Gasteiger partial charge is 0.313 e. The van der Waals surface area contributed by atoms with E-state index in [2.05, 4.69) is 10.2 Å². The van der Waals surface area contributed by atoms with Crippen molar-refractivity contribution < 1.29 is 14.6 Å². The highest BCUT2D eigenvalue weighted by atomic mass is 32.2.